The first-order valence-electron chi connectivity index (χ1n) is 9.47. The van der Waals surface area contributed by atoms with Gasteiger partial charge >= 0.3 is 0 Å². The van der Waals surface area contributed by atoms with Crippen molar-refractivity contribution in [1.29, 1.82) is 0 Å². The Hall–Kier alpha value is -1.06. The predicted octanol–water partition coefficient (Wildman–Crippen LogP) is 5.13. The van der Waals surface area contributed by atoms with E-state index in [4.69, 9.17) is 0 Å². The zero-order valence-corrected chi connectivity index (χ0v) is 17.1. The molecule has 2 aliphatic heterocycles. The van der Waals surface area contributed by atoms with Crippen LogP contribution in [0.5, 0.6) is 0 Å². The Balaban J connectivity index is 0.00000121. The summed E-state index contributed by atoms with van der Waals surface area (Å²) in [5, 5.41) is 0. The third-order valence-electron chi connectivity index (χ3n) is 5.75. The van der Waals surface area contributed by atoms with Crippen LogP contribution in [-0.2, 0) is 0 Å². The standard InChI is InChI=1S/C22H28N2.2ClH/c1-2-3-13-23-14-15-24-16-21(18-9-5-4-6-10-18)19-11-7-8-12-20(19)22(24)17-23;;/h4-12,21-22H,2-3,13-17H2,1H3;2*1H/t21-,22-;;/m1../s1. The Morgan fingerprint density at radius 3 is 2.27 bits per heavy atom. The topological polar surface area (TPSA) is 6.48 Å². The van der Waals surface area contributed by atoms with Gasteiger partial charge in [-0.3, -0.25) is 4.90 Å². The molecule has 2 aliphatic rings. The summed E-state index contributed by atoms with van der Waals surface area (Å²) in [5.41, 5.74) is 4.55. The fourth-order valence-corrected chi connectivity index (χ4v) is 4.41. The van der Waals surface area contributed by atoms with Crippen LogP contribution in [0.25, 0.3) is 0 Å². The molecule has 26 heavy (non-hydrogen) atoms. The summed E-state index contributed by atoms with van der Waals surface area (Å²) >= 11 is 0. The molecular weight excluding hydrogens is 363 g/mol. The number of hydrogen-bond donors (Lipinski definition) is 0. The Morgan fingerprint density at radius 1 is 0.846 bits per heavy atom. The highest BCUT2D eigenvalue weighted by molar-refractivity contribution is 5.85. The van der Waals surface area contributed by atoms with Crippen molar-refractivity contribution < 1.29 is 0 Å². The second kappa shape index (κ2) is 9.75. The molecule has 0 aromatic heterocycles. The van der Waals surface area contributed by atoms with Gasteiger partial charge in [0.2, 0.25) is 0 Å². The van der Waals surface area contributed by atoms with Crippen molar-refractivity contribution in [3.05, 3.63) is 71.3 Å². The van der Waals surface area contributed by atoms with E-state index < -0.39 is 0 Å². The molecular formula is C22H30Cl2N2. The van der Waals surface area contributed by atoms with Crippen LogP contribution in [0.1, 0.15) is 48.4 Å². The van der Waals surface area contributed by atoms with Gasteiger partial charge in [-0.1, -0.05) is 67.9 Å². The molecule has 4 heteroatoms. The number of benzene rings is 2. The van der Waals surface area contributed by atoms with Crippen molar-refractivity contribution in [2.45, 2.75) is 31.7 Å². The summed E-state index contributed by atoms with van der Waals surface area (Å²) in [6.07, 6.45) is 2.61. The van der Waals surface area contributed by atoms with Crippen LogP contribution in [0.15, 0.2) is 54.6 Å². The highest BCUT2D eigenvalue weighted by Crippen LogP contribution is 2.40. The monoisotopic (exact) mass is 392 g/mol. The fourth-order valence-electron chi connectivity index (χ4n) is 4.41. The smallest absolute Gasteiger partial charge is 0.0479 e. The number of fused-ring (bicyclic) bond motifs is 3. The van der Waals surface area contributed by atoms with Crippen molar-refractivity contribution in [2.75, 3.05) is 32.7 Å². The minimum atomic E-state index is 0. The van der Waals surface area contributed by atoms with Crippen LogP contribution in [-0.4, -0.2) is 42.5 Å². The van der Waals surface area contributed by atoms with Gasteiger partial charge in [-0.15, -0.1) is 24.8 Å². The van der Waals surface area contributed by atoms with E-state index in [1.165, 1.54) is 44.6 Å². The van der Waals surface area contributed by atoms with Gasteiger partial charge in [0.25, 0.3) is 0 Å². The SMILES string of the molecule is CCCCN1CCN2C[C@H](c3ccccc3)c3ccccc3[C@H]2C1.Cl.Cl. The Kier molecular flexibility index (Phi) is 7.97. The number of nitrogens with zero attached hydrogens (tertiary/aromatic N) is 2. The fraction of sp³-hybridized carbons (Fsp3) is 0.455. The van der Waals surface area contributed by atoms with E-state index in [0.717, 1.165) is 6.54 Å². The van der Waals surface area contributed by atoms with E-state index >= 15 is 0 Å². The zero-order chi connectivity index (χ0) is 16.4. The molecule has 0 unspecified atom stereocenters. The first-order valence-corrected chi connectivity index (χ1v) is 9.47. The average Bonchev–Trinajstić information content (AvgIpc) is 2.66. The Bertz CT molecular complexity index is 677. The second-order valence-corrected chi connectivity index (χ2v) is 7.26. The van der Waals surface area contributed by atoms with Crippen LogP contribution < -0.4 is 0 Å². The molecule has 0 amide bonds. The number of rotatable bonds is 4. The van der Waals surface area contributed by atoms with E-state index in [9.17, 15) is 0 Å². The summed E-state index contributed by atoms with van der Waals surface area (Å²) in [5.74, 6) is 0.515. The van der Waals surface area contributed by atoms with Gasteiger partial charge in [-0.25, -0.2) is 0 Å². The quantitative estimate of drug-likeness (QED) is 0.710. The molecule has 0 bridgehead atoms. The highest BCUT2D eigenvalue weighted by atomic mass is 35.5. The molecule has 0 radical (unpaired) electrons. The summed E-state index contributed by atoms with van der Waals surface area (Å²) in [7, 11) is 0. The van der Waals surface area contributed by atoms with Crippen LogP contribution in [0.4, 0.5) is 0 Å². The van der Waals surface area contributed by atoms with Gasteiger partial charge in [-0.2, -0.15) is 0 Å². The van der Waals surface area contributed by atoms with Crippen molar-refractivity contribution in [3.8, 4) is 0 Å². The maximum absolute atomic E-state index is 2.72. The molecule has 142 valence electrons. The number of piperazine rings is 1. The van der Waals surface area contributed by atoms with E-state index in [0.29, 0.717) is 12.0 Å². The lowest BCUT2D eigenvalue weighted by Crippen LogP contribution is -2.51. The van der Waals surface area contributed by atoms with Gasteiger partial charge in [0.1, 0.15) is 0 Å². The normalized spacial score (nSPS) is 22.5. The van der Waals surface area contributed by atoms with Gasteiger partial charge in [0.15, 0.2) is 0 Å². The number of unbranched alkanes of at least 4 members (excludes halogenated alkanes) is 1. The summed E-state index contributed by atoms with van der Waals surface area (Å²) in [6, 6.07) is 20.8. The van der Waals surface area contributed by atoms with Crippen molar-refractivity contribution >= 4 is 24.8 Å². The molecule has 2 nitrogen and oxygen atoms in total. The van der Waals surface area contributed by atoms with Crippen molar-refractivity contribution in [1.82, 2.24) is 9.80 Å². The molecule has 2 atom stereocenters. The lowest BCUT2D eigenvalue weighted by atomic mass is 9.80. The average molecular weight is 393 g/mol. The molecule has 2 heterocycles. The van der Waals surface area contributed by atoms with Gasteiger partial charge in [0.05, 0.1) is 0 Å². The molecule has 2 aromatic carbocycles. The molecule has 0 aliphatic carbocycles. The largest absolute Gasteiger partial charge is 0.300 e. The van der Waals surface area contributed by atoms with E-state index in [1.807, 2.05) is 0 Å². The third kappa shape index (κ3) is 4.26. The van der Waals surface area contributed by atoms with Crippen LogP contribution in [0.3, 0.4) is 0 Å². The Morgan fingerprint density at radius 2 is 1.54 bits per heavy atom. The molecule has 1 fully saturated rings. The Labute approximate surface area is 170 Å². The van der Waals surface area contributed by atoms with Crippen molar-refractivity contribution in [3.63, 3.8) is 0 Å². The first-order chi connectivity index (χ1) is 11.9. The lowest BCUT2D eigenvalue weighted by Gasteiger charge is -2.47. The summed E-state index contributed by atoms with van der Waals surface area (Å²) in [6.45, 7) is 8.32. The molecule has 1 saturated heterocycles. The van der Waals surface area contributed by atoms with Crippen molar-refractivity contribution in [2.24, 2.45) is 0 Å². The zero-order valence-electron chi connectivity index (χ0n) is 15.5. The highest BCUT2D eigenvalue weighted by Gasteiger charge is 2.36. The summed E-state index contributed by atoms with van der Waals surface area (Å²) < 4.78 is 0. The van der Waals surface area contributed by atoms with E-state index in [1.54, 1.807) is 11.1 Å². The molecule has 0 spiro atoms. The molecule has 2 aromatic rings. The second-order valence-electron chi connectivity index (χ2n) is 7.26. The van der Waals surface area contributed by atoms with E-state index in [-0.39, 0.29) is 24.8 Å². The third-order valence-corrected chi connectivity index (χ3v) is 5.75. The maximum atomic E-state index is 2.72. The molecule has 0 saturated carbocycles. The van der Waals surface area contributed by atoms with Gasteiger partial charge < -0.3 is 4.90 Å². The first kappa shape index (κ1) is 21.2. The van der Waals surface area contributed by atoms with Crippen LogP contribution >= 0.6 is 24.8 Å². The van der Waals surface area contributed by atoms with Crippen LogP contribution in [0.2, 0.25) is 0 Å². The van der Waals surface area contributed by atoms with E-state index in [2.05, 4.69) is 71.3 Å². The number of halogens is 2. The maximum Gasteiger partial charge on any atom is 0.0479 e. The van der Waals surface area contributed by atoms with Gasteiger partial charge in [-0.05, 0) is 29.7 Å². The minimum Gasteiger partial charge on any atom is -0.300 e. The number of hydrogen-bond acceptors (Lipinski definition) is 2. The predicted molar refractivity (Wildman–Crippen MR) is 115 cm³/mol. The summed E-state index contributed by atoms with van der Waals surface area (Å²) in [4.78, 5) is 5.40. The molecule has 4 rings (SSSR count). The minimum absolute atomic E-state index is 0. The lowest BCUT2D eigenvalue weighted by molar-refractivity contribution is 0.0620. The van der Waals surface area contributed by atoms with Crippen LogP contribution in [0, 0.1) is 0 Å². The molecule has 0 N–H and O–H groups in total. The van der Waals surface area contributed by atoms with Gasteiger partial charge in [0, 0.05) is 38.1 Å².